The summed E-state index contributed by atoms with van der Waals surface area (Å²) in [5, 5.41) is 0. The van der Waals surface area contributed by atoms with Crippen LogP contribution in [0.1, 0.15) is 45.1 Å². The zero-order valence-electron chi connectivity index (χ0n) is 16.9. The van der Waals surface area contributed by atoms with Gasteiger partial charge in [0.25, 0.3) is 0 Å². The topological polar surface area (TPSA) is 61.7 Å². The van der Waals surface area contributed by atoms with Crippen LogP contribution in [0.15, 0.2) is 18.7 Å². The van der Waals surface area contributed by atoms with Gasteiger partial charge in [-0.05, 0) is 45.7 Å². The van der Waals surface area contributed by atoms with Gasteiger partial charge in [0.05, 0.1) is 6.33 Å². The van der Waals surface area contributed by atoms with Gasteiger partial charge in [-0.3, -0.25) is 9.59 Å². The van der Waals surface area contributed by atoms with E-state index >= 15 is 0 Å². The zero-order chi connectivity index (χ0) is 19.4. The molecule has 2 saturated heterocycles. The molecule has 0 aliphatic carbocycles. The molecule has 1 atom stereocenters. The van der Waals surface area contributed by atoms with E-state index in [0.717, 1.165) is 52.0 Å². The zero-order valence-corrected chi connectivity index (χ0v) is 16.9. The Morgan fingerprint density at radius 3 is 2.67 bits per heavy atom. The van der Waals surface area contributed by atoms with Crippen molar-refractivity contribution in [3.63, 3.8) is 0 Å². The van der Waals surface area contributed by atoms with Gasteiger partial charge >= 0.3 is 0 Å². The van der Waals surface area contributed by atoms with Crippen molar-refractivity contribution in [2.45, 2.75) is 45.1 Å². The maximum Gasteiger partial charge on any atom is 0.224 e. The Labute approximate surface area is 162 Å². The van der Waals surface area contributed by atoms with E-state index in [1.165, 1.54) is 0 Å². The first kappa shape index (κ1) is 19.9. The molecule has 3 heterocycles. The van der Waals surface area contributed by atoms with Gasteiger partial charge in [0, 0.05) is 64.0 Å². The number of amides is 2. The summed E-state index contributed by atoms with van der Waals surface area (Å²) < 4.78 is 1.98. The predicted molar refractivity (Wildman–Crippen MR) is 104 cm³/mol. The van der Waals surface area contributed by atoms with Crippen LogP contribution in [0, 0.1) is 5.41 Å². The fourth-order valence-corrected chi connectivity index (χ4v) is 4.28. The highest BCUT2D eigenvalue weighted by Gasteiger charge is 2.41. The van der Waals surface area contributed by atoms with Crippen molar-refractivity contribution < 1.29 is 9.59 Å². The van der Waals surface area contributed by atoms with E-state index in [-0.39, 0.29) is 23.3 Å². The number of carbonyl (C=O) groups is 2. The SMILES string of the molecule is CC(CC(=O)N1CCC2(CCC(=O)N(CCN(C)C)C2)CC1)n1ccnc1. The Morgan fingerprint density at radius 1 is 1.30 bits per heavy atom. The number of likely N-dealkylation sites (tertiary alicyclic amines) is 2. The van der Waals surface area contributed by atoms with Crippen molar-refractivity contribution in [2.24, 2.45) is 5.41 Å². The van der Waals surface area contributed by atoms with Crippen molar-refractivity contribution in [1.82, 2.24) is 24.3 Å². The Bertz CT molecular complexity index is 635. The van der Waals surface area contributed by atoms with Gasteiger partial charge in [-0.25, -0.2) is 4.98 Å². The van der Waals surface area contributed by atoms with E-state index in [4.69, 9.17) is 0 Å². The largest absolute Gasteiger partial charge is 0.343 e. The van der Waals surface area contributed by atoms with Crippen LogP contribution in [0.25, 0.3) is 0 Å². The fraction of sp³-hybridized carbons (Fsp3) is 0.750. The van der Waals surface area contributed by atoms with Gasteiger partial charge in [0.2, 0.25) is 11.8 Å². The minimum Gasteiger partial charge on any atom is -0.343 e. The summed E-state index contributed by atoms with van der Waals surface area (Å²) in [6.07, 6.45) is 9.56. The highest BCUT2D eigenvalue weighted by Crippen LogP contribution is 2.40. The maximum atomic E-state index is 12.7. The molecule has 1 spiro atoms. The molecule has 7 nitrogen and oxygen atoms in total. The Hall–Kier alpha value is -1.89. The lowest BCUT2D eigenvalue weighted by Gasteiger charge is -2.47. The van der Waals surface area contributed by atoms with Crippen molar-refractivity contribution >= 4 is 11.8 Å². The number of rotatable bonds is 6. The van der Waals surface area contributed by atoms with Crippen LogP contribution in [0.5, 0.6) is 0 Å². The molecule has 3 rings (SSSR count). The average Bonchev–Trinajstić information content (AvgIpc) is 3.18. The van der Waals surface area contributed by atoms with Crippen molar-refractivity contribution in [1.29, 1.82) is 0 Å². The molecular formula is C20H33N5O2. The predicted octanol–water partition coefficient (Wildman–Crippen LogP) is 1.63. The molecule has 1 unspecified atom stereocenters. The minimum absolute atomic E-state index is 0.129. The Kier molecular flexibility index (Phi) is 6.19. The molecular weight excluding hydrogens is 342 g/mol. The van der Waals surface area contributed by atoms with Crippen molar-refractivity contribution in [3.8, 4) is 0 Å². The summed E-state index contributed by atoms with van der Waals surface area (Å²) in [6.45, 7) is 6.24. The van der Waals surface area contributed by atoms with E-state index in [0.29, 0.717) is 12.8 Å². The first-order chi connectivity index (χ1) is 12.9. The van der Waals surface area contributed by atoms with Crippen LogP contribution < -0.4 is 0 Å². The molecule has 2 fully saturated rings. The molecule has 27 heavy (non-hydrogen) atoms. The molecule has 150 valence electrons. The Morgan fingerprint density at radius 2 is 2.04 bits per heavy atom. The number of hydrogen-bond donors (Lipinski definition) is 0. The molecule has 2 aliphatic rings. The molecule has 2 amide bonds. The summed E-state index contributed by atoms with van der Waals surface area (Å²) in [4.78, 5) is 35.2. The van der Waals surface area contributed by atoms with Gasteiger partial charge in [-0.2, -0.15) is 0 Å². The Balaban J connectivity index is 1.51. The lowest BCUT2D eigenvalue weighted by molar-refractivity contribution is -0.142. The van der Waals surface area contributed by atoms with E-state index < -0.39 is 0 Å². The van der Waals surface area contributed by atoms with Crippen LogP contribution in [0.2, 0.25) is 0 Å². The number of hydrogen-bond acceptors (Lipinski definition) is 4. The summed E-state index contributed by atoms with van der Waals surface area (Å²) >= 11 is 0. The summed E-state index contributed by atoms with van der Waals surface area (Å²) in [6, 6.07) is 0.129. The van der Waals surface area contributed by atoms with Crippen molar-refractivity contribution in [2.75, 3.05) is 46.8 Å². The first-order valence-corrected chi connectivity index (χ1v) is 10.1. The molecule has 2 aliphatic heterocycles. The van der Waals surface area contributed by atoms with E-state index in [1.54, 1.807) is 12.5 Å². The lowest BCUT2D eigenvalue weighted by atomic mass is 9.72. The van der Waals surface area contributed by atoms with Gasteiger partial charge < -0.3 is 19.3 Å². The fourth-order valence-electron chi connectivity index (χ4n) is 4.28. The van der Waals surface area contributed by atoms with Crippen LogP contribution in [-0.2, 0) is 9.59 Å². The third-order valence-corrected chi connectivity index (χ3v) is 6.25. The molecule has 1 aromatic rings. The van der Waals surface area contributed by atoms with Crippen LogP contribution in [0.4, 0.5) is 0 Å². The smallest absolute Gasteiger partial charge is 0.224 e. The molecule has 0 radical (unpaired) electrons. The van der Waals surface area contributed by atoms with Gasteiger partial charge in [-0.15, -0.1) is 0 Å². The number of aromatic nitrogens is 2. The third-order valence-electron chi connectivity index (χ3n) is 6.25. The standard InChI is InChI=1S/C20H33N5O2/c1-17(25-11-8-21-16-25)14-19(27)23-9-6-20(7-10-23)5-4-18(26)24(15-20)13-12-22(2)3/h8,11,16-17H,4-7,9-10,12-15H2,1-3H3. The van der Waals surface area contributed by atoms with E-state index in [9.17, 15) is 9.59 Å². The second kappa shape index (κ2) is 8.42. The summed E-state index contributed by atoms with van der Waals surface area (Å²) in [5.74, 6) is 0.512. The quantitative estimate of drug-likeness (QED) is 0.758. The monoisotopic (exact) mass is 375 g/mol. The average molecular weight is 376 g/mol. The number of likely N-dealkylation sites (N-methyl/N-ethyl adjacent to an activating group) is 1. The highest BCUT2D eigenvalue weighted by atomic mass is 16.2. The first-order valence-electron chi connectivity index (χ1n) is 10.1. The number of carbonyl (C=O) groups excluding carboxylic acids is 2. The maximum absolute atomic E-state index is 12.7. The second-order valence-corrected chi connectivity index (χ2v) is 8.56. The molecule has 0 N–H and O–H groups in total. The van der Waals surface area contributed by atoms with E-state index in [2.05, 4.69) is 16.8 Å². The normalized spacial score (nSPS) is 21.1. The van der Waals surface area contributed by atoms with Gasteiger partial charge in [0.15, 0.2) is 0 Å². The van der Waals surface area contributed by atoms with E-state index in [1.807, 2.05) is 34.7 Å². The minimum atomic E-state index is 0.129. The summed E-state index contributed by atoms with van der Waals surface area (Å²) in [7, 11) is 4.08. The third kappa shape index (κ3) is 4.89. The number of nitrogens with zero attached hydrogens (tertiary/aromatic N) is 5. The molecule has 0 aromatic carbocycles. The van der Waals surface area contributed by atoms with Gasteiger partial charge in [-0.1, -0.05) is 0 Å². The number of imidazole rings is 1. The number of piperidine rings is 2. The van der Waals surface area contributed by atoms with Crippen LogP contribution in [0.3, 0.4) is 0 Å². The molecule has 7 heteroatoms. The molecule has 1 aromatic heterocycles. The molecule has 0 saturated carbocycles. The second-order valence-electron chi connectivity index (χ2n) is 8.56. The van der Waals surface area contributed by atoms with Crippen molar-refractivity contribution in [3.05, 3.63) is 18.7 Å². The van der Waals surface area contributed by atoms with Crippen LogP contribution in [-0.4, -0.2) is 82.9 Å². The van der Waals surface area contributed by atoms with Gasteiger partial charge in [0.1, 0.15) is 0 Å². The lowest BCUT2D eigenvalue weighted by Crippen LogP contribution is -2.53. The highest BCUT2D eigenvalue weighted by molar-refractivity contribution is 5.78. The van der Waals surface area contributed by atoms with Crippen LogP contribution >= 0.6 is 0 Å². The summed E-state index contributed by atoms with van der Waals surface area (Å²) in [5.41, 5.74) is 0.201. The molecule has 0 bridgehead atoms.